The lowest BCUT2D eigenvalue weighted by atomic mass is 9.78. The van der Waals surface area contributed by atoms with Crippen molar-refractivity contribution >= 4 is 15.6 Å². The van der Waals surface area contributed by atoms with E-state index in [9.17, 15) is 4.21 Å². The van der Waals surface area contributed by atoms with Gasteiger partial charge in [0.25, 0.3) is 0 Å². The van der Waals surface area contributed by atoms with Crippen LogP contribution >= 0.6 is 0 Å². The molecule has 1 spiro atoms. The van der Waals surface area contributed by atoms with Gasteiger partial charge in [0.2, 0.25) is 0 Å². The Labute approximate surface area is 93.6 Å². The van der Waals surface area contributed by atoms with Gasteiger partial charge in [0.05, 0.1) is 0 Å². The number of hydrogen-bond donors (Lipinski definition) is 0. The lowest BCUT2D eigenvalue weighted by Crippen LogP contribution is -2.40. The van der Waals surface area contributed by atoms with Crippen LogP contribution in [-0.2, 0) is 9.71 Å². The van der Waals surface area contributed by atoms with E-state index in [0.29, 0.717) is 5.41 Å². The summed E-state index contributed by atoms with van der Waals surface area (Å²) in [5.41, 5.74) is 0.447. The lowest BCUT2D eigenvalue weighted by Gasteiger charge is -2.37. The molecule has 0 aromatic rings. The fourth-order valence-corrected chi connectivity index (χ4v) is 3.75. The highest BCUT2D eigenvalue weighted by Gasteiger charge is 2.41. The van der Waals surface area contributed by atoms with E-state index in [4.69, 9.17) is 0 Å². The highest BCUT2D eigenvalue weighted by Crippen LogP contribution is 2.40. The molecule has 2 heterocycles. The Bertz CT molecular complexity index is 328. The van der Waals surface area contributed by atoms with Crippen LogP contribution in [0.15, 0.2) is 0 Å². The average molecular weight is 230 g/mol. The molecule has 4 heteroatoms. The first-order valence-electron chi connectivity index (χ1n) is 5.67. The maximum atomic E-state index is 11.9. The Morgan fingerprint density at radius 1 is 1.20 bits per heavy atom. The molecule has 3 nitrogen and oxygen atoms in total. The zero-order valence-electron chi connectivity index (χ0n) is 9.87. The molecule has 2 rings (SSSR count). The van der Waals surface area contributed by atoms with Gasteiger partial charge in [-0.05, 0) is 50.7 Å². The Hall–Kier alpha value is -0.0600. The Balaban J connectivity index is 2.03. The molecule has 0 aromatic carbocycles. The second kappa shape index (κ2) is 3.75. The molecule has 2 aliphatic heterocycles. The SMILES string of the molecule is C=S(C)(=O)N1CCC2(CCN(C)CC2)C1. The molecule has 0 aromatic heterocycles. The van der Waals surface area contributed by atoms with Crippen LogP contribution in [0.1, 0.15) is 19.3 Å². The minimum absolute atomic E-state index is 0.447. The number of likely N-dealkylation sites (tertiary alicyclic amines) is 1. The highest BCUT2D eigenvalue weighted by atomic mass is 32.2. The smallest absolute Gasteiger partial charge is 0.0245 e. The number of rotatable bonds is 1. The Kier molecular flexibility index (Phi) is 2.86. The largest absolute Gasteiger partial charge is 0.306 e. The van der Waals surface area contributed by atoms with Gasteiger partial charge in [0.15, 0.2) is 0 Å². The molecule has 0 bridgehead atoms. The summed E-state index contributed by atoms with van der Waals surface area (Å²) in [6.45, 7) is 4.36. The highest BCUT2D eigenvalue weighted by molar-refractivity contribution is 7.97. The second-order valence-electron chi connectivity index (χ2n) is 5.38. The van der Waals surface area contributed by atoms with E-state index in [1.807, 2.05) is 0 Å². The molecule has 0 saturated carbocycles. The zero-order valence-corrected chi connectivity index (χ0v) is 10.7. The standard InChI is InChI=1S/C11H22N2OS/c1-12-7-4-11(5-8-12)6-9-13(10-11)15(2,3)14/h2,4-10H2,1,3H3. The molecule has 2 aliphatic rings. The third kappa shape index (κ3) is 2.37. The molecule has 2 fully saturated rings. The minimum atomic E-state index is -1.97. The minimum Gasteiger partial charge on any atom is -0.306 e. The van der Waals surface area contributed by atoms with E-state index in [1.54, 1.807) is 6.26 Å². The van der Waals surface area contributed by atoms with Crippen LogP contribution in [0, 0.1) is 5.41 Å². The molecule has 0 radical (unpaired) electrons. The van der Waals surface area contributed by atoms with Crippen LogP contribution in [0.5, 0.6) is 0 Å². The normalized spacial score (nSPS) is 31.9. The zero-order chi connectivity index (χ0) is 11.1. The molecule has 0 amide bonds. The summed E-state index contributed by atoms with van der Waals surface area (Å²) in [7, 11) is 0.213. The molecule has 88 valence electrons. The van der Waals surface area contributed by atoms with Gasteiger partial charge in [-0.2, -0.15) is 0 Å². The van der Waals surface area contributed by atoms with Gasteiger partial charge in [-0.25, -0.2) is 4.31 Å². The second-order valence-corrected chi connectivity index (χ2v) is 7.81. The summed E-state index contributed by atoms with van der Waals surface area (Å²) >= 11 is 0. The van der Waals surface area contributed by atoms with Crippen molar-refractivity contribution in [3.63, 3.8) is 0 Å². The van der Waals surface area contributed by atoms with E-state index in [1.165, 1.54) is 32.4 Å². The van der Waals surface area contributed by atoms with Gasteiger partial charge in [0.1, 0.15) is 0 Å². The van der Waals surface area contributed by atoms with E-state index in [2.05, 4.69) is 22.1 Å². The molecule has 0 N–H and O–H groups in total. The van der Waals surface area contributed by atoms with Crippen molar-refractivity contribution in [1.82, 2.24) is 9.21 Å². The summed E-state index contributed by atoms with van der Waals surface area (Å²) in [4.78, 5) is 2.39. The first-order chi connectivity index (χ1) is 6.91. The van der Waals surface area contributed by atoms with Crippen molar-refractivity contribution in [2.75, 3.05) is 39.5 Å². The molecular weight excluding hydrogens is 208 g/mol. The van der Waals surface area contributed by atoms with E-state index >= 15 is 0 Å². The summed E-state index contributed by atoms with van der Waals surface area (Å²) < 4.78 is 14.0. The number of hydrogen-bond acceptors (Lipinski definition) is 2. The van der Waals surface area contributed by atoms with Crippen molar-refractivity contribution in [3.8, 4) is 0 Å². The molecule has 2 saturated heterocycles. The number of nitrogens with zero attached hydrogens (tertiary/aromatic N) is 2. The summed E-state index contributed by atoms with van der Waals surface area (Å²) in [6.07, 6.45) is 5.49. The van der Waals surface area contributed by atoms with Crippen LogP contribution in [0.25, 0.3) is 0 Å². The quantitative estimate of drug-likeness (QED) is 0.618. The van der Waals surface area contributed by atoms with Crippen LogP contribution in [0.2, 0.25) is 0 Å². The first kappa shape index (κ1) is 11.4. The lowest BCUT2D eigenvalue weighted by molar-refractivity contribution is 0.135. The molecule has 0 aliphatic carbocycles. The topological polar surface area (TPSA) is 23.6 Å². The van der Waals surface area contributed by atoms with Crippen molar-refractivity contribution in [2.45, 2.75) is 19.3 Å². The first-order valence-corrected chi connectivity index (χ1v) is 7.76. The molecule has 1 atom stereocenters. The monoisotopic (exact) mass is 230 g/mol. The Morgan fingerprint density at radius 2 is 1.73 bits per heavy atom. The maximum Gasteiger partial charge on any atom is 0.0245 e. The summed E-state index contributed by atoms with van der Waals surface area (Å²) in [5.74, 6) is 3.79. The fourth-order valence-electron chi connectivity index (χ4n) is 2.72. The van der Waals surface area contributed by atoms with Gasteiger partial charge < -0.3 is 4.90 Å². The molecule has 15 heavy (non-hydrogen) atoms. The van der Waals surface area contributed by atoms with Gasteiger partial charge >= 0.3 is 0 Å². The van der Waals surface area contributed by atoms with E-state index < -0.39 is 9.71 Å². The third-order valence-corrected chi connectivity index (χ3v) is 5.40. The van der Waals surface area contributed by atoms with Crippen molar-refractivity contribution in [2.24, 2.45) is 5.41 Å². The van der Waals surface area contributed by atoms with Crippen molar-refractivity contribution < 1.29 is 4.21 Å². The van der Waals surface area contributed by atoms with Crippen LogP contribution in [0.3, 0.4) is 0 Å². The molecule has 1 unspecified atom stereocenters. The van der Waals surface area contributed by atoms with Gasteiger partial charge in [-0.3, -0.25) is 4.21 Å². The van der Waals surface area contributed by atoms with E-state index in [-0.39, 0.29) is 0 Å². The predicted molar refractivity (Wildman–Crippen MR) is 66.5 cm³/mol. The third-order valence-electron chi connectivity index (χ3n) is 4.00. The maximum absolute atomic E-state index is 11.9. The van der Waals surface area contributed by atoms with Crippen molar-refractivity contribution in [1.29, 1.82) is 0 Å². The van der Waals surface area contributed by atoms with E-state index in [0.717, 1.165) is 13.1 Å². The summed E-state index contributed by atoms with van der Waals surface area (Å²) in [5, 5.41) is 0. The Morgan fingerprint density at radius 3 is 2.20 bits per heavy atom. The predicted octanol–water partition coefficient (Wildman–Crippen LogP) is 0.665. The summed E-state index contributed by atoms with van der Waals surface area (Å²) in [6, 6.07) is 0. The number of piperidine rings is 1. The van der Waals surface area contributed by atoms with Gasteiger partial charge in [0, 0.05) is 29.1 Å². The van der Waals surface area contributed by atoms with Gasteiger partial charge in [-0.15, -0.1) is 0 Å². The molecular formula is C11H22N2OS. The van der Waals surface area contributed by atoms with Gasteiger partial charge in [-0.1, -0.05) is 0 Å². The average Bonchev–Trinajstić information content (AvgIpc) is 2.55. The fraction of sp³-hybridized carbons (Fsp3) is 0.909. The van der Waals surface area contributed by atoms with Crippen molar-refractivity contribution in [3.05, 3.63) is 0 Å². The van der Waals surface area contributed by atoms with Crippen LogP contribution in [0.4, 0.5) is 0 Å². The van der Waals surface area contributed by atoms with Crippen LogP contribution in [-0.4, -0.2) is 58.8 Å². The van der Waals surface area contributed by atoms with Crippen LogP contribution < -0.4 is 0 Å².